The molecule has 0 atom stereocenters. The highest BCUT2D eigenvalue weighted by Crippen LogP contribution is 2.24. The summed E-state index contributed by atoms with van der Waals surface area (Å²) in [4.78, 5) is 7.81. The van der Waals surface area contributed by atoms with Gasteiger partial charge in [0.05, 0.1) is 0 Å². The van der Waals surface area contributed by atoms with Crippen LogP contribution in [0.1, 0.15) is 36.8 Å². The first-order valence-electron chi connectivity index (χ1n) is 7.20. The van der Waals surface area contributed by atoms with Crippen LogP contribution >= 0.6 is 0 Å². The Bertz CT molecular complexity index is 770. The molecule has 3 aromatic rings. The Hall–Kier alpha value is -2.17. The summed E-state index contributed by atoms with van der Waals surface area (Å²) in [5, 5.41) is 8.14. The minimum Gasteiger partial charge on any atom is -0.358 e. The number of H-pyrrole nitrogens is 2. The van der Waals surface area contributed by atoms with Crippen molar-refractivity contribution in [2.45, 2.75) is 33.6 Å². The minimum atomic E-state index is -0.221. The molecule has 4 nitrogen and oxygen atoms in total. The van der Waals surface area contributed by atoms with Crippen molar-refractivity contribution >= 4 is 10.9 Å². The van der Waals surface area contributed by atoms with E-state index in [1.807, 2.05) is 6.92 Å². The van der Waals surface area contributed by atoms with Crippen LogP contribution in [0.3, 0.4) is 0 Å². The molecule has 0 fully saturated rings. The zero-order chi connectivity index (χ0) is 15.0. The van der Waals surface area contributed by atoms with Gasteiger partial charge >= 0.3 is 0 Å². The summed E-state index contributed by atoms with van der Waals surface area (Å²) in [6.07, 6.45) is 1.48. The number of aromatic amines is 2. The molecule has 0 aliphatic heterocycles. The maximum Gasteiger partial charge on any atom is 0.150 e. The van der Waals surface area contributed by atoms with Gasteiger partial charge in [-0.05, 0) is 36.6 Å². The number of hydrogen-bond acceptors (Lipinski definition) is 2. The molecule has 110 valence electrons. The molecule has 5 heteroatoms. The minimum absolute atomic E-state index is 0.221. The van der Waals surface area contributed by atoms with Gasteiger partial charge in [0.25, 0.3) is 0 Å². The largest absolute Gasteiger partial charge is 0.358 e. The van der Waals surface area contributed by atoms with Gasteiger partial charge in [-0.15, -0.1) is 0 Å². The van der Waals surface area contributed by atoms with Crippen molar-refractivity contribution in [2.24, 2.45) is 5.92 Å². The first kappa shape index (κ1) is 13.8. The standard InChI is InChI=1S/C16H19FN4/c1-9(2)6-15-19-16(21-20-15)8-12-10(3)18-14-5-4-11(17)7-13(12)14/h4-5,7,9,18H,6,8H2,1-3H3,(H,19,20,21). The summed E-state index contributed by atoms with van der Waals surface area (Å²) in [6.45, 7) is 6.28. The zero-order valence-corrected chi connectivity index (χ0v) is 12.5. The summed E-state index contributed by atoms with van der Waals surface area (Å²) in [6, 6.07) is 4.81. The second kappa shape index (κ2) is 5.31. The van der Waals surface area contributed by atoms with Crippen LogP contribution in [0.25, 0.3) is 10.9 Å². The lowest BCUT2D eigenvalue weighted by Gasteiger charge is -1.99. The Morgan fingerprint density at radius 1 is 1.29 bits per heavy atom. The molecule has 2 N–H and O–H groups in total. The summed E-state index contributed by atoms with van der Waals surface area (Å²) >= 11 is 0. The van der Waals surface area contributed by atoms with Crippen molar-refractivity contribution in [3.8, 4) is 0 Å². The third-order valence-corrected chi connectivity index (χ3v) is 3.59. The van der Waals surface area contributed by atoms with E-state index < -0.39 is 0 Å². The van der Waals surface area contributed by atoms with E-state index in [4.69, 9.17) is 0 Å². The second-order valence-corrected chi connectivity index (χ2v) is 5.89. The monoisotopic (exact) mass is 286 g/mol. The molecule has 0 spiro atoms. The molecular formula is C16H19FN4. The van der Waals surface area contributed by atoms with Crippen LogP contribution in [0.2, 0.25) is 0 Å². The first-order valence-corrected chi connectivity index (χ1v) is 7.20. The maximum atomic E-state index is 13.5. The van der Waals surface area contributed by atoms with Crippen molar-refractivity contribution in [3.63, 3.8) is 0 Å². The van der Waals surface area contributed by atoms with E-state index in [1.54, 1.807) is 12.1 Å². The molecule has 2 aromatic heterocycles. The molecule has 0 aliphatic carbocycles. The van der Waals surface area contributed by atoms with Crippen molar-refractivity contribution in [2.75, 3.05) is 0 Å². The predicted octanol–water partition coefficient (Wildman–Crippen LogP) is 3.52. The van der Waals surface area contributed by atoms with Gasteiger partial charge < -0.3 is 4.98 Å². The Balaban J connectivity index is 1.92. The number of nitrogens with one attached hydrogen (secondary N) is 2. The second-order valence-electron chi connectivity index (χ2n) is 5.89. The topological polar surface area (TPSA) is 57.4 Å². The highest BCUT2D eigenvalue weighted by atomic mass is 19.1. The van der Waals surface area contributed by atoms with Gasteiger partial charge in [0.15, 0.2) is 5.82 Å². The summed E-state index contributed by atoms with van der Waals surface area (Å²) < 4.78 is 13.5. The highest BCUT2D eigenvalue weighted by Gasteiger charge is 2.13. The number of benzene rings is 1. The fraction of sp³-hybridized carbons (Fsp3) is 0.375. The lowest BCUT2D eigenvalue weighted by atomic mass is 10.1. The van der Waals surface area contributed by atoms with Gasteiger partial charge in [0.2, 0.25) is 0 Å². The Morgan fingerprint density at radius 2 is 2.10 bits per heavy atom. The van der Waals surface area contributed by atoms with Crippen LogP contribution in [-0.2, 0) is 12.8 Å². The summed E-state index contributed by atoms with van der Waals surface area (Å²) in [5.74, 6) is 1.96. The third-order valence-electron chi connectivity index (χ3n) is 3.59. The molecule has 0 saturated carbocycles. The summed E-state index contributed by atoms with van der Waals surface area (Å²) in [5.41, 5.74) is 3.06. The van der Waals surface area contributed by atoms with Gasteiger partial charge in [-0.2, -0.15) is 5.10 Å². The number of fused-ring (bicyclic) bond motifs is 1. The number of hydrogen-bond donors (Lipinski definition) is 2. The molecule has 2 heterocycles. The quantitative estimate of drug-likeness (QED) is 0.771. The van der Waals surface area contributed by atoms with Crippen LogP contribution in [0.4, 0.5) is 4.39 Å². The average Bonchev–Trinajstić information content (AvgIpc) is 2.96. The smallest absolute Gasteiger partial charge is 0.150 e. The lowest BCUT2D eigenvalue weighted by molar-refractivity contribution is 0.622. The predicted molar refractivity (Wildman–Crippen MR) is 80.7 cm³/mol. The summed E-state index contributed by atoms with van der Waals surface area (Å²) in [7, 11) is 0. The third kappa shape index (κ3) is 2.82. The number of nitrogens with zero attached hydrogens (tertiary/aromatic N) is 2. The number of halogens is 1. The van der Waals surface area contributed by atoms with Crippen LogP contribution in [0, 0.1) is 18.7 Å². The van der Waals surface area contributed by atoms with Crippen molar-refractivity contribution in [3.05, 3.63) is 46.9 Å². The van der Waals surface area contributed by atoms with Gasteiger partial charge in [0.1, 0.15) is 11.6 Å². The van der Waals surface area contributed by atoms with E-state index in [2.05, 4.69) is 34.0 Å². The lowest BCUT2D eigenvalue weighted by Crippen LogP contribution is -1.97. The van der Waals surface area contributed by atoms with Gasteiger partial charge in [-0.3, -0.25) is 5.10 Å². The molecule has 0 amide bonds. The molecule has 0 aliphatic rings. The molecule has 0 radical (unpaired) electrons. The number of rotatable bonds is 4. The van der Waals surface area contributed by atoms with E-state index in [0.717, 1.165) is 40.2 Å². The van der Waals surface area contributed by atoms with Gasteiger partial charge in [-0.1, -0.05) is 13.8 Å². The van der Waals surface area contributed by atoms with Crippen LogP contribution < -0.4 is 0 Å². The molecule has 0 bridgehead atoms. The average molecular weight is 286 g/mol. The van der Waals surface area contributed by atoms with Crippen LogP contribution in [-0.4, -0.2) is 20.2 Å². The Labute approximate surface area is 122 Å². The Morgan fingerprint density at radius 3 is 2.86 bits per heavy atom. The van der Waals surface area contributed by atoms with E-state index in [-0.39, 0.29) is 5.82 Å². The molecule has 3 rings (SSSR count). The van der Waals surface area contributed by atoms with E-state index in [9.17, 15) is 4.39 Å². The maximum absolute atomic E-state index is 13.5. The fourth-order valence-corrected chi connectivity index (χ4v) is 2.62. The van der Waals surface area contributed by atoms with Crippen molar-refractivity contribution in [1.82, 2.24) is 20.2 Å². The number of aryl methyl sites for hydroxylation is 1. The van der Waals surface area contributed by atoms with Gasteiger partial charge in [0, 0.05) is 29.4 Å². The molecule has 0 unspecified atom stereocenters. The van der Waals surface area contributed by atoms with E-state index in [1.165, 1.54) is 6.07 Å². The SMILES string of the molecule is Cc1[nH]c2ccc(F)cc2c1Cc1nc(CC(C)C)n[nH]1. The Kier molecular flexibility index (Phi) is 3.49. The fourth-order valence-electron chi connectivity index (χ4n) is 2.62. The molecule has 21 heavy (non-hydrogen) atoms. The zero-order valence-electron chi connectivity index (χ0n) is 12.5. The van der Waals surface area contributed by atoms with Crippen molar-refractivity contribution < 1.29 is 4.39 Å². The molecule has 1 aromatic carbocycles. The normalized spacial score (nSPS) is 11.7. The first-order chi connectivity index (χ1) is 10.0. The van der Waals surface area contributed by atoms with Gasteiger partial charge in [-0.25, -0.2) is 9.37 Å². The van der Waals surface area contributed by atoms with E-state index in [0.29, 0.717) is 12.3 Å². The van der Waals surface area contributed by atoms with E-state index >= 15 is 0 Å². The number of aromatic nitrogens is 4. The van der Waals surface area contributed by atoms with Crippen LogP contribution in [0.15, 0.2) is 18.2 Å². The van der Waals surface area contributed by atoms with Crippen LogP contribution in [0.5, 0.6) is 0 Å². The van der Waals surface area contributed by atoms with Crippen molar-refractivity contribution in [1.29, 1.82) is 0 Å². The highest BCUT2D eigenvalue weighted by molar-refractivity contribution is 5.84. The molecular weight excluding hydrogens is 267 g/mol. The molecule has 0 saturated heterocycles.